The predicted molar refractivity (Wildman–Crippen MR) is 56.2 cm³/mol. The van der Waals surface area contributed by atoms with Crippen LogP contribution in [0, 0.1) is 0 Å². The van der Waals surface area contributed by atoms with E-state index in [-0.39, 0.29) is 0 Å². The molecule has 0 fully saturated rings. The standard InChI is InChI=1S/C11H8O2S/c12-8-10-6-7-11(14-10)13-9-4-2-1-3-5-9/h1-8H. The first-order valence-electron chi connectivity index (χ1n) is 4.16. The summed E-state index contributed by atoms with van der Waals surface area (Å²) in [5.41, 5.74) is 0. The van der Waals surface area contributed by atoms with Crippen molar-refractivity contribution in [3.63, 3.8) is 0 Å². The summed E-state index contributed by atoms with van der Waals surface area (Å²) in [7, 11) is 0. The number of carbonyl (C=O) groups excluding carboxylic acids is 1. The minimum absolute atomic E-state index is 0.677. The molecule has 0 radical (unpaired) electrons. The van der Waals surface area contributed by atoms with Crippen LogP contribution >= 0.6 is 11.3 Å². The molecule has 0 aliphatic rings. The van der Waals surface area contributed by atoms with Gasteiger partial charge < -0.3 is 4.74 Å². The normalized spacial score (nSPS) is 9.71. The van der Waals surface area contributed by atoms with E-state index in [0.717, 1.165) is 17.1 Å². The van der Waals surface area contributed by atoms with Gasteiger partial charge in [-0.25, -0.2) is 0 Å². The summed E-state index contributed by atoms with van der Waals surface area (Å²) in [6, 6.07) is 13.0. The van der Waals surface area contributed by atoms with E-state index >= 15 is 0 Å². The Kier molecular flexibility index (Phi) is 2.60. The first kappa shape index (κ1) is 8.97. The Hall–Kier alpha value is -1.61. The summed E-state index contributed by atoms with van der Waals surface area (Å²) >= 11 is 1.34. The first-order valence-corrected chi connectivity index (χ1v) is 4.98. The first-order chi connectivity index (χ1) is 6.88. The van der Waals surface area contributed by atoms with E-state index in [1.807, 2.05) is 30.3 Å². The molecule has 0 saturated carbocycles. The van der Waals surface area contributed by atoms with E-state index in [2.05, 4.69) is 0 Å². The van der Waals surface area contributed by atoms with Gasteiger partial charge in [0, 0.05) is 0 Å². The van der Waals surface area contributed by atoms with Crippen LogP contribution in [-0.2, 0) is 0 Å². The highest BCUT2D eigenvalue weighted by atomic mass is 32.1. The summed E-state index contributed by atoms with van der Waals surface area (Å²) in [5.74, 6) is 0.784. The van der Waals surface area contributed by atoms with Crippen molar-refractivity contribution >= 4 is 17.6 Å². The van der Waals surface area contributed by atoms with Gasteiger partial charge in [-0.05, 0) is 24.3 Å². The number of aldehydes is 1. The maximum absolute atomic E-state index is 10.4. The minimum atomic E-state index is 0.677. The number of rotatable bonds is 3. The van der Waals surface area contributed by atoms with Crippen LogP contribution in [0.25, 0.3) is 0 Å². The summed E-state index contributed by atoms with van der Waals surface area (Å²) in [4.78, 5) is 11.1. The predicted octanol–water partition coefficient (Wildman–Crippen LogP) is 3.35. The molecule has 3 heteroatoms. The Morgan fingerprint density at radius 1 is 1.07 bits per heavy atom. The topological polar surface area (TPSA) is 26.3 Å². The number of para-hydroxylation sites is 1. The van der Waals surface area contributed by atoms with Crippen LogP contribution in [0.3, 0.4) is 0 Å². The molecular formula is C11H8O2S. The Morgan fingerprint density at radius 2 is 1.86 bits per heavy atom. The summed E-state index contributed by atoms with van der Waals surface area (Å²) in [6.45, 7) is 0. The molecule has 0 unspecified atom stereocenters. The maximum atomic E-state index is 10.4. The third-order valence-electron chi connectivity index (χ3n) is 1.68. The fraction of sp³-hybridized carbons (Fsp3) is 0. The third kappa shape index (κ3) is 2.00. The molecule has 0 atom stereocenters. The number of hydrogen-bond donors (Lipinski definition) is 0. The van der Waals surface area contributed by atoms with Crippen LogP contribution in [-0.4, -0.2) is 6.29 Å². The van der Waals surface area contributed by atoms with Gasteiger partial charge in [0.05, 0.1) is 4.88 Å². The van der Waals surface area contributed by atoms with Crippen molar-refractivity contribution in [1.29, 1.82) is 0 Å². The van der Waals surface area contributed by atoms with Crippen LogP contribution in [0.1, 0.15) is 9.67 Å². The van der Waals surface area contributed by atoms with Crippen molar-refractivity contribution in [1.82, 2.24) is 0 Å². The van der Waals surface area contributed by atoms with Crippen molar-refractivity contribution in [3.8, 4) is 10.8 Å². The molecule has 1 aromatic carbocycles. The van der Waals surface area contributed by atoms with Crippen molar-refractivity contribution in [2.45, 2.75) is 0 Å². The fourth-order valence-corrected chi connectivity index (χ4v) is 1.75. The molecular weight excluding hydrogens is 196 g/mol. The quantitative estimate of drug-likeness (QED) is 0.716. The van der Waals surface area contributed by atoms with Crippen LogP contribution in [0.15, 0.2) is 42.5 Å². The van der Waals surface area contributed by atoms with E-state index in [9.17, 15) is 4.79 Å². The Bertz CT molecular complexity index is 420. The van der Waals surface area contributed by atoms with E-state index in [0.29, 0.717) is 4.88 Å². The lowest BCUT2D eigenvalue weighted by molar-refractivity contribution is 0.112. The molecule has 0 N–H and O–H groups in total. The zero-order chi connectivity index (χ0) is 9.80. The SMILES string of the molecule is O=Cc1ccc(Oc2ccccc2)s1. The van der Waals surface area contributed by atoms with Gasteiger partial charge in [-0.1, -0.05) is 29.5 Å². The highest BCUT2D eigenvalue weighted by molar-refractivity contribution is 7.15. The van der Waals surface area contributed by atoms with Crippen molar-refractivity contribution in [3.05, 3.63) is 47.3 Å². The molecule has 0 bridgehead atoms. The highest BCUT2D eigenvalue weighted by Gasteiger charge is 2.00. The summed E-state index contributed by atoms with van der Waals surface area (Å²) in [6.07, 6.45) is 0.822. The molecule has 70 valence electrons. The molecule has 1 heterocycles. The Balaban J connectivity index is 2.15. The van der Waals surface area contributed by atoms with E-state index in [4.69, 9.17) is 4.74 Å². The van der Waals surface area contributed by atoms with E-state index < -0.39 is 0 Å². The molecule has 2 rings (SSSR count). The van der Waals surface area contributed by atoms with Gasteiger partial charge in [0.25, 0.3) is 0 Å². The third-order valence-corrected chi connectivity index (χ3v) is 2.57. The summed E-state index contributed by atoms with van der Waals surface area (Å²) < 4.78 is 5.52. The fourth-order valence-electron chi connectivity index (χ4n) is 1.06. The Morgan fingerprint density at radius 3 is 2.50 bits per heavy atom. The van der Waals surface area contributed by atoms with Gasteiger partial charge in [-0.15, -0.1) is 0 Å². The average molecular weight is 204 g/mol. The van der Waals surface area contributed by atoms with Gasteiger partial charge in [-0.2, -0.15) is 0 Å². The molecule has 2 nitrogen and oxygen atoms in total. The summed E-state index contributed by atoms with van der Waals surface area (Å²) in [5, 5.41) is 0.735. The molecule has 1 aromatic heterocycles. The van der Waals surface area contributed by atoms with Crippen LogP contribution in [0.5, 0.6) is 10.8 Å². The molecule has 2 aromatic rings. The van der Waals surface area contributed by atoms with Gasteiger partial charge >= 0.3 is 0 Å². The van der Waals surface area contributed by atoms with Gasteiger partial charge in [0.1, 0.15) is 5.75 Å². The lowest BCUT2D eigenvalue weighted by Gasteiger charge is -2.00. The smallest absolute Gasteiger partial charge is 0.181 e. The largest absolute Gasteiger partial charge is 0.447 e. The zero-order valence-electron chi connectivity index (χ0n) is 7.34. The lowest BCUT2D eigenvalue weighted by atomic mass is 10.3. The second kappa shape index (κ2) is 4.07. The second-order valence-electron chi connectivity index (χ2n) is 2.69. The number of ether oxygens (including phenoxy) is 1. The van der Waals surface area contributed by atoms with Crippen LogP contribution in [0.2, 0.25) is 0 Å². The number of carbonyl (C=O) groups is 1. The van der Waals surface area contributed by atoms with Crippen LogP contribution < -0.4 is 4.74 Å². The monoisotopic (exact) mass is 204 g/mol. The molecule has 0 aliphatic carbocycles. The van der Waals surface area contributed by atoms with Gasteiger partial charge in [-0.3, -0.25) is 4.79 Å². The molecule has 0 amide bonds. The molecule has 0 saturated heterocycles. The van der Waals surface area contributed by atoms with Crippen molar-refractivity contribution < 1.29 is 9.53 Å². The van der Waals surface area contributed by atoms with Crippen LogP contribution in [0.4, 0.5) is 0 Å². The highest BCUT2D eigenvalue weighted by Crippen LogP contribution is 2.28. The molecule has 0 aliphatic heterocycles. The van der Waals surface area contributed by atoms with Crippen molar-refractivity contribution in [2.75, 3.05) is 0 Å². The molecule has 0 spiro atoms. The van der Waals surface area contributed by atoms with Gasteiger partial charge in [0.2, 0.25) is 0 Å². The average Bonchev–Trinajstić information content (AvgIpc) is 2.67. The Labute approximate surface area is 85.8 Å². The minimum Gasteiger partial charge on any atom is -0.447 e. The van der Waals surface area contributed by atoms with E-state index in [1.165, 1.54) is 11.3 Å². The van der Waals surface area contributed by atoms with Gasteiger partial charge in [0.15, 0.2) is 11.3 Å². The zero-order valence-corrected chi connectivity index (χ0v) is 8.16. The maximum Gasteiger partial charge on any atom is 0.181 e. The van der Waals surface area contributed by atoms with Crippen molar-refractivity contribution in [2.24, 2.45) is 0 Å². The lowest BCUT2D eigenvalue weighted by Crippen LogP contribution is -1.78. The molecule has 14 heavy (non-hydrogen) atoms. The van der Waals surface area contributed by atoms with E-state index in [1.54, 1.807) is 12.1 Å². The number of thiophene rings is 1. The number of benzene rings is 1. The second-order valence-corrected chi connectivity index (χ2v) is 3.77. The number of hydrogen-bond acceptors (Lipinski definition) is 3.